The number of ether oxygens (including phenoxy) is 1. The molecule has 1 aliphatic rings. The minimum atomic E-state index is 0.0863. The molecular weight excluding hydrogens is 404 g/mol. The fourth-order valence-corrected chi connectivity index (χ4v) is 4.13. The second kappa shape index (κ2) is 7.93. The number of aromatic nitrogens is 5. The Morgan fingerprint density at radius 2 is 2.00 bits per heavy atom. The number of aryl methyl sites for hydroxylation is 3. The van der Waals surface area contributed by atoms with Crippen LogP contribution >= 0.6 is 0 Å². The maximum Gasteiger partial charge on any atom is 0.228 e. The Kier molecular flexibility index (Phi) is 5.07. The van der Waals surface area contributed by atoms with Crippen molar-refractivity contribution in [2.45, 2.75) is 58.9 Å². The van der Waals surface area contributed by atoms with Gasteiger partial charge in [-0.2, -0.15) is 14.6 Å². The number of nitrogens with zero attached hydrogens (tertiary/aromatic N) is 5. The van der Waals surface area contributed by atoms with E-state index in [1.807, 2.05) is 36.6 Å². The maximum absolute atomic E-state index is 5.45. The van der Waals surface area contributed by atoms with E-state index in [4.69, 9.17) is 19.3 Å². The molecule has 8 nitrogen and oxygen atoms in total. The van der Waals surface area contributed by atoms with E-state index in [1.54, 1.807) is 7.11 Å². The zero-order valence-electron chi connectivity index (χ0n) is 19.1. The van der Waals surface area contributed by atoms with Gasteiger partial charge >= 0.3 is 0 Å². The maximum atomic E-state index is 5.45. The molecule has 1 N–H and O–H groups in total. The minimum absolute atomic E-state index is 0.0863. The molecule has 3 aromatic heterocycles. The van der Waals surface area contributed by atoms with E-state index in [0.29, 0.717) is 18.2 Å². The summed E-state index contributed by atoms with van der Waals surface area (Å²) in [5.41, 5.74) is 5.95. The van der Waals surface area contributed by atoms with Gasteiger partial charge in [-0.3, -0.25) is 0 Å². The highest BCUT2D eigenvalue weighted by atomic mass is 16.5. The molecule has 0 bridgehead atoms. The lowest BCUT2D eigenvalue weighted by atomic mass is 10.0. The zero-order valence-corrected chi connectivity index (χ0v) is 19.1. The van der Waals surface area contributed by atoms with Gasteiger partial charge < -0.3 is 14.6 Å². The summed E-state index contributed by atoms with van der Waals surface area (Å²) in [6.45, 7) is 8.21. The third-order valence-electron chi connectivity index (χ3n) is 5.90. The first-order chi connectivity index (χ1) is 15.4. The minimum Gasteiger partial charge on any atom is -0.497 e. The number of fused-ring (bicyclic) bond motifs is 1. The van der Waals surface area contributed by atoms with Gasteiger partial charge in [0.05, 0.1) is 12.8 Å². The summed E-state index contributed by atoms with van der Waals surface area (Å²) >= 11 is 0. The molecule has 0 spiro atoms. The zero-order chi connectivity index (χ0) is 22.4. The number of benzene rings is 1. The van der Waals surface area contributed by atoms with Crippen LogP contribution in [0.4, 0.5) is 5.82 Å². The van der Waals surface area contributed by atoms with Crippen LogP contribution in [0.5, 0.6) is 5.75 Å². The van der Waals surface area contributed by atoms with Crippen molar-refractivity contribution in [2.24, 2.45) is 0 Å². The Balaban J connectivity index is 1.46. The summed E-state index contributed by atoms with van der Waals surface area (Å²) in [7, 11) is 1.68. The molecule has 1 aliphatic carbocycles. The molecule has 1 saturated carbocycles. The number of hydrogen-bond acceptors (Lipinski definition) is 7. The highest BCUT2D eigenvalue weighted by Gasteiger charge is 2.29. The molecule has 8 heteroatoms. The summed E-state index contributed by atoms with van der Waals surface area (Å²) in [5, 5.41) is 12.5. The van der Waals surface area contributed by atoms with Crippen molar-refractivity contribution in [3.63, 3.8) is 0 Å². The third-order valence-corrected chi connectivity index (χ3v) is 5.90. The highest BCUT2D eigenvalue weighted by Crippen LogP contribution is 2.38. The van der Waals surface area contributed by atoms with Gasteiger partial charge in [0.25, 0.3) is 0 Å². The SMILES string of the molecule is COc1ccc(-c2c(C)nn3c(N[C@@H](C)Cc4nc(C5CC5)no4)cc(C)nc23)c(C)c1. The van der Waals surface area contributed by atoms with Crippen molar-refractivity contribution in [3.05, 3.63) is 52.9 Å². The van der Waals surface area contributed by atoms with Crippen LogP contribution in [0.25, 0.3) is 16.8 Å². The van der Waals surface area contributed by atoms with Gasteiger partial charge in [-0.25, -0.2) is 4.98 Å². The lowest BCUT2D eigenvalue weighted by Gasteiger charge is -2.15. The first kappa shape index (κ1) is 20.5. The van der Waals surface area contributed by atoms with Crippen molar-refractivity contribution in [2.75, 3.05) is 12.4 Å². The Morgan fingerprint density at radius 3 is 2.72 bits per heavy atom. The molecule has 1 aromatic carbocycles. The van der Waals surface area contributed by atoms with Gasteiger partial charge in [0.2, 0.25) is 5.89 Å². The molecule has 166 valence electrons. The normalized spacial score (nSPS) is 14.7. The summed E-state index contributed by atoms with van der Waals surface area (Å²) in [6, 6.07) is 8.19. The van der Waals surface area contributed by atoms with E-state index >= 15 is 0 Å². The monoisotopic (exact) mass is 432 g/mol. The van der Waals surface area contributed by atoms with Crippen LogP contribution in [0.15, 0.2) is 28.8 Å². The van der Waals surface area contributed by atoms with Crippen LogP contribution in [-0.4, -0.2) is 37.9 Å². The summed E-state index contributed by atoms with van der Waals surface area (Å²) < 4.78 is 12.7. The van der Waals surface area contributed by atoms with Gasteiger partial charge in [-0.15, -0.1) is 0 Å². The number of rotatable bonds is 7. The molecular formula is C24H28N6O2. The Labute approximate surface area is 187 Å². The second-order valence-electron chi connectivity index (χ2n) is 8.73. The Morgan fingerprint density at radius 1 is 1.19 bits per heavy atom. The number of hydrogen-bond donors (Lipinski definition) is 1. The first-order valence-electron chi connectivity index (χ1n) is 11.0. The number of methoxy groups -OCH3 is 1. The van der Waals surface area contributed by atoms with Crippen molar-refractivity contribution in [1.82, 2.24) is 24.7 Å². The van der Waals surface area contributed by atoms with E-state index < -0.39 is 0 Å². The van der Waals surface area contributed by atoms with Crippen LogP contribution in [0.1, 0.15) is 54.3 Å². The van der Waals surface area contributed by atoms with Crippen LogP contribution < -0.4 is 10.1 Å². The van der Waals surface area contributed by atoms with Gasteiger partial charge in [-0.1, -0.05) is 11.2 Å². The Hall–Kier alpha value is -3.42. The molecule has 0 unspecified atom stereocenters. The van der Waals surface area contributed by atoms with Crippen LogP contribution in [0, 0.1) is 20.8 Å². The van der Waals surface area contributed by atoms with Crippen molar-refractivity contribution < 1.29 is 9.26 Å². The van der Waals surface area contributed by atoms with Gasteiger partial charge in [0.1, 0.15) is 11.6 Å². The summed E-state index contributed by atoms with van der Waals surface area (Å²) in [4.78, 5) is 9.38. The fraction of sp³-hybridized carbons (Fsp3) is 0.417. The predicted octanol–water partition coefficient (Wildman–Crippen LogP) is 4.63. The molecule has 1 fully saturated rings. The molecule has 5 rings (SSSR count). The lowest BCUT2D eigenvalue weighted by Crippen LogP contribution is -2.20. The molecule has 0 radical (unpaired) electrons. The number of anilines is 1. The number of nitrogens with one attached hydrogen (secondary N) is 1. The van der Waals surface area contributed by atoms with E-state index in [0.717, 1.165) is 64.0 Å². The van der Waals surface area contributed by atoms with Crippen LogP contribution in [-0.2, 0) is 6.42 Å². The predicted molar refractivity (Wildman–Crippen MR) is 122 cm³/mol. The molecule has 0 amide bonds. The third kappa shape index (κ3) is 3.81. The highest BCUT2D eigenvalue weighted by molar-refractivity contribution is 5.83. The first-order valence-corrected chi connectivity index (χ1v) is 11.0. The van der Waals surface area contributed by atoms with E-state index in [2.05, 4.69) is 35.4 Å². The smallest absolute Gasteiger partial charge is 0.228 e. The molecule has 4 aromatic rings. The van der Waals surface area contributed by atoms with E-state index in [9.17, 15) is 0 Å². The van der Waals surface area contributed by atoms with Crippen molar-refractivity contribution in [1.29, 1.82) is 0 Å². The van der Waals surface area contributed by atoms with Gasteiger partial charge in [0.15, 0.2) is 11.5 Å². The molecule has 0 aliphatic heterocycles. The molecule has 1 atom stereocenters. The topological polar surface area (TPSA) is 90.4 Å². The average molecular weight is 433 g/mol. The molecule has 0 saturated heterocycles. The summed E-state index contributed by atoms with van der Waals surface area (Å²) in [5.74, 6) is 3.73. The molecule has 32 heavy (non-hydrogen) atoms. The second-order valence-corrected chi connectivity index (χ2v) is 8.73. The van der Waals surface area contributed by atoms with Crippen molar-refractivity contribution in [3.8, 4) is 16.9 Å². The molecule has 3 heterocycles. The van der Waals surface area contributed by atoms with Crippen LogP contribution in [0.3, 0.4) is 0 Å². The lowest BCUT2D eigenvalue weighted by molar-refractivity contribution is 0.368. The van der Waals surface area contributed by atoms with E-state index in [-0.39, 0.29) is 6.04 Å². The van der Waals surface area contributed by atoms with Gasteiger partial charge in [0, 0.05) is 35.7 Å². The fourth-order valence-electron chi connectivity index (χ4n) is 4.13. The van der Waals surface area contributed by atoms with Gasteiger partial charge in [-0.05, 0) is 63.8 Å². The summed E-state index contributed by atoms with van der Waals surface area (Å²) in [6.07, 6.45) is 2.97. The average Bonchev–Trinajstić information content (AvgIpc) is 3.41. The quantitative estimate of drug-likeness (QED) is 0.455. The van der Waals surface area contributed by atoms with Crippen LogP contribution in [0.2, 0.25) is 0 Å². The Bertz CT molecular complexity index is 1290. The largest absolute Gasteiger partial charge is 0.497 e. The van der Waals surface area contributed by atoms with Crippen molar-refractivity contribution >= 4 is 11.5 Å². The van der Waals surface area contributed by atoms with E-state index in [1.165, 1.54) is 0 Å². The standard InChI is InChI=1S/C24H28N6O2/c1-13-10-18(31-5)8-9-19(13)22-16(4)28-30-20(11-14(2)26-24(22)30)25-15(3)12-21-27-23(29-32-21)17-6-7-17/h8-11,15,17,25H,6-7,12H2,1-5H3/t15-/m0/s1.